The Morgan fingerprint density at radius 2 is 1.76 bits per heavy atom. The molecule has 1 N–H and O–H groups in total. The molecule has 1 saturated heterocycles. The summed E-state index contributed by atoms with van der Waals surface area (Å²) < 4.78 is 6.07. The fraction of sp³-hybridized carbons (Fsp3) is 0.350. The van der Waals surface area contributed by atoms with Crippen molar-refractivity contribution in [3.63, 3.8) is 0 Å². The number of nitrogens with zero attached hydrogens (tertiary/aromatic N) is 1. The number of hydrogen-bond acceptors (Lipinski definition) is 3. The molecule has 134 valence electrons. The first kappa shape index (κ1) is 19.3. The number of para-hydroxylation sites is 1. The lowest BCUT2D eigenvalue weighted by Gasteiger charge is -2.35. The Morgan fingerprint density at radius 3 is 2.40 bits per heavy atom. The van der Waals surface area contributed by atoms with Crippen molar-refractivity contribution < 1.29 is 9.53 Å². The summed E-state index contributed by atoms with van der Waals surface area (Å²) in [6.45, 7) is 1.52. The Bertz CT molecular complexity index is 651. The van der Waals surface area contributed by atoms with Gasteiger partial charge in [0.05, 0.1) is 0 Å². The number of rotatable bonds is 5. The zero-order chi connectivity index (χ0) is 16.8. The van der Waals surface area contributed by atoms with Crippen molar-refractivity contribution in [3.8, 4) is 5.75 Å². The lowest BCUT2D eigenvalue weighted by molar-refractivity contribution is -0.140. The molecule has 0 bridgehead atoms. The SMILES string of the molecule is CNC1CCCN(C(=O)C(Oc2ccccc2)c2ccccc2)C1.Cl. The molecule has 1 fully saturated rings. The van der Waals surface area contributed by atoms with E-state index < -0.39 is 6.10 Å². The van der Waals surface area contributed by atoms with E-state index in [0.29, 0.717) is 11.8 Å². The van der Waals surface area contributed by atoms with Crippen molar-refractivity contribution in [2.45, 2.75) is 25.0 Å². The lowest BCUT2D eigenvalue weighted by atomic mass is 10.0. The summed E-state index contributed by atoms with van der Waals surface area (Å²) >= 11 is 0. The van der Waals surface area contributed by atoms with Gasteiger partial charge >= 0.3 is 0 Å². The second-order valence-corrected chi connectivity index (χ2v) is 6.13. The number of hydrogen-bond donors (Lipinski definition) is 1. The molecule has 4 nitrogen and oxygen atoms in total. The highest BCUT2D eigenvalue weighted by molar-refractivity contribution is 5.85. The van der Waals surface area contributed by atoms with E-state index in [0.717, 1.165) is 31.5 Å². The third-order valence-corrected chi connectivity index (χ3v) is 4.47. The number of likely N-dealkylation sites (N-methyl/N-ethyl adjacent to an activating group) is 1. The molecule has 25 heavy (non-hydrogen) atoms. The first-order valence-electron chi connectivity index (χ1n) is 8.50. The van der Waals surface area contributed by atoms with Gasteiger partial charge in [-0.1, -0.05) is 48.5 Å². The molecule has 2 unspecified atom stereocenters. The van der Waals surface area contributed by atoms with E-state index in [9.17, 15) is 4.79 Å². The Balaban J connectivity index is 0.00000225. The molecule has 2 atom stereocenters. The first-order valence-corrected chi connectivity index (χ1v) is 8.50. The van der Waals surface area contributed by atoms with Gasteiger partial charge in [0.1, 0.15) is 5.75 Å². The number of nitrogens with one attached hydrogen (secondary N) is 1. The van der Waals surface area contributed by atoms with Crippen LogP contribution in [-0.4, -0.2) is 37.0 Å². The van der Waals surface area contributed by atoms with Gasteiger partial charge in [0.25, 0.3) is 5.91 Å². The monoisotopic (exact) mass is 360 g/mol. The number of benzene rings is 2. The predicted molar refractivity (Wildman–Crippen MR) is 102 cm³/mol. The van der Waals surface area contributed by atoms with Crippen molar-refractivity contribution in [3.05, 3.63) is 66.2 Å². The van der Waals surface area contributed by atoms with Crippen LogP contribution in [0.5, 0.6) is 5.75 Å². The maximum atomic E-state index is 13.1. The summed E-state index contributed by atoms with van der Waals surface area (Å²) in [6.07, 6.45) is 1.52. The average molecular weight is 361 g/mol. The van der Waals surface area contributed by atoms with Gasteiger partial charge in [-0.2, -0.15) is 0 Å². The highest BCUT2D eigenvalue weighted by atomic mass is 35.5. The van der Waals surface area contributed by atoms with Crippen LogP contribution in [0.3, 0.4) is 0 Å². The molecule has 1 amide bonds. The number of carbonyl (C=O) groups excluding carboxylic acids is 1. The lowest BCUT2D eigenvalue weighted by Crippen LogP contribution is -2.49. The van der Waals surface area contributed by atoms with E-state index >= 15 is 0 Å². The summed E-state index contributed by atoms with van der Waals surface area (Å²) in [6, 6.07) is 19.6. The van der Waals surface area contributed by atoms with Gasteiger partial charge in [0, 0.05) is 24.7 Å². The van der Waals surface area contributed by atoms with E-state index in [2.05, 4.69) is 5.32 Å². The fourth-order valence-corrected chi connectivity index (χ4v) is 3.10. The molecule has 5 heteroatoms. The van der Waals surface area contributed by atoms with E-state index in [1.54, 1.807) is 0 Å². The van der Waals surface area contributed by atoms with Gasteiger partial charge in [-0.25, -0.2) is 0 Å². The molecule has 0 aliphatic carbocycles. The van der Waals surface area contributed by atoms with Crippen LogP contribution in [0.1, 0.15) is 24.5 Å². The number of piperidine rings is 1. The predicted octanol–water partition coefficient (Wildman–Crippen LogP) is 3.44. The molecule has 1 aliphatic heterocycles. The van der Waals surface area contributed by atoms with Gasteiger partial charge in [-0.3, -0.25) is 4.79 Å². The van der Waals surface area contributed by atoms with Gasteiger partial charge in [-0.05, 0) is 32.0 Å². The van der Waals surface area contributed by atoms with Crippen LogP contribution in [0.4, 0.5) is 0 Å². The van der Waals surface area contributed by atoms with Crippen molar-refractivity contribution in [1.82, 2.24) is 10.2 Å². The zero-order valence-electron chi connectivity index (χ0n) is 14.4. The second kappa shape index (κ2) is 9.44. The minimum atomic E-state index is -0.607. The third kappa shape index (κ3) is 4.97. The minimum Gasteiger partial charge on any atom is -0.476 e. The number of amides is 1. The fourth-order valence-electron chi connectivity index (χ4n) is 3.10. The Kier molecular flexibility index (Phi) is 7.29. The summed E-state index contributed by atoms with van der Waals surface area (Å²) in [4.78, 5) is 15.1. The van der Waals surface area contributed by atoms with Gasteiger partial charge < -0.3 is 15.0 Å². The molecular weight excluding hydrogens is 336 g/mol. The van der Waals surface area contributed by atoms with Crippen LogP contribution in [-0.2, 0) is 4.79 Å². The van der Waals surface area contributed by atoms with Crippen molar-refractivity contribution in [2.75, 3.05) is 20.1 Å². The Hall–Kier alpha value is -2.04. The van der Waals surface area contributed by atoms with Crippen molar-refractivity contribution in [1.29, 1.82) is 0 Å². The Morgan fingerprint density at radius 1 is 1.12 bits per heavy atom. The van der Waals surface area contributed by atoms with Crippen LogP contribution < -0.4 is 10.1 Å². The van der Waals surface area contributed by atoms with Gasteiger partial charge in [0.2, 0.25) is 6.10 Å². The minimum absolute atomic E-state index is 0. The summed E-state index contributed by atoms with van der Waals surface area (Å²) in [5.74, 6) is 0.742. The highest BCUT2D eigenvalue weighted by Crippen LogP contribution is 2.25. The summed E-state index contributed by atoms with van der Waals surface area (Å²) in [5, 5.41) is 3.28. The molecular formula is C20H25ClN2O2. The topological polar surface area (TPSA) is 41.6 Å². The van der Waals surface area contributed by atoms with Crippen molar-refractivity contribution in [2.24, 2.45) is 0 Å². The number of carbonyl (C=O) groups is 1. The van der Waals surface area contributed by atoms with Crippen LogP contribution >= 0.6 is 12.4 Å². The standard InChI is InChI=1S/C20H24N2O2.ClH/c1-21-17-11-8-14-22(15-17)20(23)19(16-9-4-2-5-10-16)24-18-12-6-3-7-13-18;/h2-7,9-10,12-13,17,19,21H,8,11,14-15H2,1H3;1H. The smallest absolute Gasteiger partial charge is 0.268 e. The number of likely N-dealkylation sites (tertiary alicyclic amines) is 1. The van der Waals surface area contributed by atoms with E-state index in [4.69, 9.17) is 4.74 Å². The van der Waals surface area contributed by atoms with Crippen LogP contribution in [0.2, 0.25) is 0 Å². The molecule has 3 rings (SSSR count). The van der Waals surface area contributed by atoms with Crippen LogP contribution in [0.25, 0.3) is 0 Å². The molecule has 0 radical (unpaired) electrons. The maximum absolute atomic E-state index is 13.1. The summed E-state index contributed by atoms with van der Waals surface area (Å²) in [7, 11) is 1.95. The van der Waals surface area contributed by atoms with Crippen LogP contribution in [0, 0.1) is 0 Å². The normalized spacial score (nSPS) is 18.1. The van der Waals surface area contributed by atoms with Gasteiger partial charge in [0.15, 0.2) is 0 Å². The van der Waals surface area contributed by atoms with Gasteiger partial charge in [-0.15, -0.1) is 12.4 Å². The van der Waals surface area contributed by atoms with E-state index in [1.165, 1.54) is 0 Å². The number of halogens is 1. The highest BCUT2D eigenvalue weighted by Gasteiger charge is 2.31. The molecule has 1 aliphatic rings. The second-order valence-electron chi connectivity index (χ2n) is 6.13. The average Bonchev–Trinajstić information content (AvgIpc) is 2.67. The maximum Gasteiger partial charge on any atom is 0.268 e. The number of ether oxygens (including phenoxy) is 1. The first-order chi connectivity index (χ1) is 11.8. The van der Waals surface area contributed by atoms with E-state index in [1.807, 2.05) is 72.6 Å². The molecule has 1 heterocycles. The largest absolute Gasteiger partial charge is 0.476 e. The summed E-state index contributed by atoms with van der Waals surface area (Å²) in [5.41, 5.74) is 0.887. The molecule has 0 spiro atoms. The quantitative estimate of drug-likeness (QED) is 0.888. The third-order valence-electron chi connectivity index (χ3n) is 4.47. The molecule has 0 saturated carbocycles. The van der Waals surface area contributed by atoms with Crippen LogP contribution in [0.15, 0.2) is 60.7 Å². The van der Waals surface area contributed by atoms with Crippen molar-refractivity contribution >= 4 is 18.3 Å². The Labute approximate surface area is 155 Å². The molecule has 2 aromatic carbocycles. The zero-order valence-corrected chi connectivity index (χ0v) is 15.2. The molecule has 0 aromatic heterocycles. The molecule has 2 aromatic rings. The van der Waals surface area contributed by atoms with E-state index in [-0.39, 0.29) is 18.3 Å².